The van der Waals surface area contributed by atoms with Gasteiger partial charge >= 0.3 is 5.97 Å². The molecule has 0 N–H and O–H groups in total. The Morgan fingerprint density at radius 2 is 1.94 bits per heavy atom. The van der Waals surface area contributed by atoms with Crippen molar-refractivity contribution in [3.8, 4) is 0 Å². The van der Waals surface area contributed by atoms with Crippen molar-refractivity contribution in [2.24, 2.45) is 5.41 Å². The van der Waals surface area contributed by atoms with Crippen LogP contribution in [0, 0.1) is 5.41 Å². The molecule has 0 aliphatic carbocycles. The van der Waals surface area contributed by atoms with Gasteiger partial charge in [0.1, 0.15) is 18.8 Å². The Kier molecular flexibility index (Phi) is 4.56. The van der Waals surface area contributed by atoms with Crippen molar-refractivity contribution < 1.29 is 19.0 Å². The lowest BCUT2D eigenvalue weighted by atomic mass is 9.97. The number of hydrogen-bond donors (Lipinski definition) is 0. The Labute approximate surface area is 109 Å². The minimum atomic E-state index is -0.636. The summed E-state index contributed by atoms with van der Waals surface area (Å²) in [6.45, 7) is 11.3. The molecule has 0 bridgehead atoms. The third kappa shape index (κ3) is 4.10. The number of ether oxygens (including phenoxy) is 3. The second kappa shape index (κ2) is 5.41. The first-order valence-electron chi connectivity index (χ1n) is 6.31. The Balaban J connectivity index is 2.58. The quantitative estimate of drug-likeness (QED) is 0.575. The number of hydrogen-bond acceptors (Lipinski definition) is 4. The van der Waals surface area contributed by atoms with Gasteiger partial charge in [-0.25, -0.2) is 0 Å². The molecule has 1 aliphatic heterocycles. The van der Waals surface area contributed by atoms with Crippen molar-refractivity contribution in [2.75, 3.05) is 6.61 Å². The molecule has 104 valence electrons. The van der Waals surface area contributed by atoms with E-state index < -0.39 is 11.2 Å². The van der Waals surface area contributed by atoms with E-state index in [9.17, 15) is 4.79 Å². The number of allylic oxidation sites excluding steroid dienone is 1. The number of rotatable bonds is 3. The highest BCUT2D eigenvalue weighted by Gasteiger charge is 2.40. The molecule has 1 heterocycles. The zero-order valence-corrected chi connectivity index (χ0v) is 12.1. The van der Waals surface area contributed by atoms with Gasteiger partial charge in [0.2, 0.25) is 0 Å². The SMILES string of the molecule is C/C=C\[C@H]1OC(C)(C)O[C@@H]1COC(=O)C(C)(C)C. The molecule has 0 aromatic rings. The Hall–Kier alpha value is -0.870. The van der Waals surface area contributed by atoms with Gasteiger partial charge in [-0.2, -0.15) is 0 Å². The van der Waals surface area contributed by atoms with Gasteiger partial charge < -0.3 is 14.2 Å². The van der Waals surface area contributed by atoms with Crippen LogP contribution in [0.3, 0.4) is 0 Å². The standard InChI is InChI=1S/C14H24O4/c1-7-8-10-11(18-14(5,6)17-10)9-16-12(15)13(2,3)4/h7-8,10-11H,9H2,1-6H3/b8-7-/t10-,11-/m1/s1. The van der Waals surface area contributed by atoms with Crippen LogP contribution in [0.1, 0.15) is 41.5 Å². The third-order valence-electron chi connectivity index (χ3n) is 2.59. The van der Waals surface area contributed by atoms with Crippen molar-refractivity contribution in [2.45, 2.75) is 59.5 Å². The summed E-state index contributed by atoms with van der Waals surface area (Å²) in [7, 11) is 0. The monoisotopic (exact) mass is 256 g/mol. The second-order valence-corrected chi connectivity index (χ2v) is 6.01. The zero-order valence-electron chi connectivity index (χ0n) is 12.1. The lowest BCUT2D eigenvalue weighted by Crippen LogP contribution is -2.31. The first-order valence-corrected chi connectivity index (χ1v) is 6.31. The van der Waals surface area contributed by atoms with Crippen molar-refractivity contribution in [3.05, 3.63) is 12.2 Å². The van der Waals surface area contributed by atoms with Gasteiger partial charge in [-0.1, -0.05) is 12.2 Å². The highest BCUT2D eigenvalue weighted by atomic mass is 16.8. The maximum absolute atomic E-state index is 11.7. The maximum atomic E-state index is 11.7. The van der Waals surface area contributed by atoms with E-state index >= 15 is 0 Å². The molecule has 1 aliphatic rings. The molecular weight excluding hydrogens is 232 g/mol. The van der Waals surface area contributed by atoms with Crippen LogP contribution >= 0.6 is 0 Å². The minimum absolute atomic E-state index is 0.169. The maximum Gasteiger partial charge on any atom is 0.311 e. The fourth-order valence-electron chi connectivity index (χ4n) is 1.72. The van der Waals surface area contributed by atoms with Gasteiger partial charge in [0, 0.05) is 0 Å². The van der Waals surface area contributed by atoms with E-state index in [-0.39, 0.29) is 24.8 Å². The molecule has 4 nitrogen and oxygen atoms in total. The van der Waals surface area contributed by atoms with E-state index in [1.165, 1.54) is 0 Å². The molecule has 18 heavy (non-hydrogen) atoms. The average molecular weight is 256 g/mol. The van der Waals surface area contributed by atoms with Gasteiger partial charge in [-0.3, -0.25) is 4.79 Å². The largest absolute Gasteiger partial charge is 0.462 e. The summed E-state index contributed by atoms with van der Waals surface area (Å²) in [5.41, 5.74) is -0.495. The summed E-state index contributed by atoms with van der Waals surface area (Å²) in [5.74, 6) is -0.863. The molecule has 1 saturated heterocycles. The predicted octanol–water partition coefficient (Wildman–Crippen LogP) is 2.67. The lowest BCUT2D eigenvalue weighted by molar-refractivity contribution is -0.164. The molecule has 4 heteroatoms. The summed E-state index contributed by atoms with van der Waals surface area (Å²) >= 11 is 0. The van der Waals surface area contributed by atoms with Gasteiger partial charge in [-0.05, 0) is 41.5 Å². The van der Waals surface area contributed by atoms with E-state index in [0.717, 1.165) is 0 Å². The first kappa shape index (κ1) is 15.2. The van der Waals surface area contributed by atoms with Gasteiger partial charge in [0.25, 0.3) is 0 Å². The molecule has 0 aromatic heterocycles. The van der Waals surface area contributed by atoms with Gasteiger partial charge in [0.15, 0.2) is 5.79 Å². The fraction of sp³-hybridized carbons (Fsp3) is 0.786. The molecule has 1 rings (SSSR count). The van der Waals surface area contributed by atoms with Crippen LogP contribution in [0.2, 0.25) is 0 Å². The molecule has 2 atom stereocenters. The van der Waals surface area contributed by atoms with E-state index in [4.69, 9.17) is 14.2 Å². The van der Waals surface area contributed by atoms with E-state index in [1.807, 2.05) is 53.7 Å². The number of carbonyl (C=O) groups excluding carboxylic acids is 1. The van der Waals surface area contributed by atoms with Gasteiger partial charge in [0.05, 0.1) is 5.41 Å². The van der Waals surface area contributed by atoms with Crippen molar-refractivity contribution in [1.29, 1.82) is 0 Å². The summed E-state index contributed by atoms with van der Waals surface area (Å²) in [6.07, 6.45) is 3.42. The first-order chi connectivity index (χ1) is 8.15. The predicted molar refractivity (Wildman–Crippen MR) is 69.1 cm³/mol. The summed E-state index contributed by atoms with van der Waals surface area (Å²) in [6, 6.07) is 0. The van der Waals surface area contributed by atoms with Crippen LogP contribution in [0.5, 0.6) is 0 Å². The van der Waals surface area contributed by atoms with Crippen LogP contribution in [-0.2, 0) is 19.0 Å². The molecule has 1 fully saturated rings. The highest BCUT2D eigenvalue weighted by Crippen LogP contribution is 2.29. The van der Waals surface area contributed by atoms with Crippen LogP contribution in [0.15, 0.2) is 12.2 Å². The molecule has 0 amide bonds. The second-order valence-electron chi connectivity index (χ2n) is 6.01. The average Bonchev–Trinajstić information content (AvgIpc) is 2.49. The van der Waals surface area contributed by atoms with Crippen LogP contribution in [0.4, 0.5) is 0 Å². The highest BCUT2D eigenvalue weighted by molar-refractivity contribution is 5.75. The van der Waals surface area contributed by atoms with E-state index in [0.29, 0.717) is 0 Å². The van der Waals surface area contributed by atoms with Crippen molar-refractivity contribution in [1.82, 2.24) is 0 Å². The van der Waals surface area contributed by atoms with Crippen molar-refractivity contribution >= 4 is 5.97 Å². The minimum Gasteiger partial charge on any atom is -0.462 e. The smallest absolute Gasteiger partial charge is 0.311 e. The Morgan fingerprint density at radius 1 is 1.33 bits per heavy atom. The molecule has 0 aromatic carbocycles. The lowest BCUT2D eigenvalue weighted by Gasteiger charge is -2.20. The summed E-state index contributed by atoms with van der Waals surface area (Å²) < 4.78 is 16.7. The Morgan fingerprint density at radius 3 is 2.44 bits per heavy atom. The number of esters is 1. The van der Waals surface area contributed by atoms with Crippen LogP contribution < -0.4 is 0 Å². The molecular formula is C14H24O4. The number of carbonyl (C=O) groups is 1. The summed E-state index contributed by atoms with van der Waals surface area (Å²) in [5, 5.41) is 0. The fourth-order valence-corrected chi connectivity index (χ4v) is 1.72. The molecule has 0 spiro atoms. The van der Waals surface area contributed by atoms with E-state index in [1.54, 1.807) is 0 Å². The normalized spacial score (nSPS) is 27.7. The van der Waals surface area contributed by atoms with E-state index in [2.05, 4.69) is 0 Å². The van der Waals surface area contributed by atoms with Crippen LogP contribution in [0.25, 0.3) is 0 Å². The van der Waals surface area contributed by atoms with Crippen LogP contribution in [-0.4, -0.2) is 30.6 Å². The van der Waals surface area contributed by atoms with Crippen molar-refractivity contribution in [3.63, 3.8) is 0 Å². The topological polar surface area (TPSA) is 44.8 Å². The molecule has 0 radical (unpaired) electrons. The Bertz CT molecular complexity index is 325. The third-order valence-corrected chi connectivity index (χ3v) is 2.59. The molecule has 0 unspecified atom stereocenters. The van der Waals surface area contributed by atoms with Gasteiger partial charge in [-0.15, -0.1) is 0 Å². The molecule has 0 saturated carbocycles. The zero-order chi connectivity index (χ0) is 14.0. The summed E-state index contributed by atoms with van der Waals surface area (Å²) in [4.78, 5) is 11.7.